The van der Waals surface area contributed by atoms with E-state index in [1.807, 2.05) is 18.2 Å². The first-order valence-electron chi connectivity index (χ1n) is 12.5. The molecule has 196 valence electrons. The van der Waals surface area contributed by atoms with Gasteiger partial charge in [-0.15, -0.1) is 0 Å². The van der Waals surface area contributed by atoms with E-state index in [9.17, 15) is 14.9 Å². The van der Waals surface area contributed by atoms with Gasteiger partial charge in [0.15, 0.2) is 0 Å². The maximum atomic E-state index is 12.2. The van der Waals surface area contributed by atoms with Crippen LogP contribution in [0.1, 0.15) is 37.5 Å². The zero-order valence-electron chi connectivity index (χ0n) is 20.9. The van der Waals surface area contributed by atoms with Crippen LogP contribution in [0.4, 0.5) is 17.3 Å². The molecule has 0 amide bonds. The van der Waals surface area contributed by atoms with E-state index >= 15 is 0 Å². The van der Waals surface area contributed by atoms with Gasteiger partial charge in [0.05, 0.1) is 30.8 Å². The molecule has 0 bridgehead atoms. The number of esters is 1. The molecular formula is C26H32N6O5. The summed E-state index contributed by atoms with van der Waals surface area (Å²) in [6, 6.07) is 13.9. The Labute approximate surface area is 215 Å². The largest absolute Gasteiger partial charge is 0.467 e. The van der Waals surface area contributed by atoms with Gasteiger partial charge in [-0.2, -0.15) is 0 Å². The van der Waals surface area contributed by atoms with Gasteiger partial charge in [0.1, 0.15) is 12.1 Å². The van der Waals surface area contributed by atoms with Gasteiger partial charge < -0.3 is 19.4 Å². The summed E-state index contributed by atoms with van der Waals surface area (Å²) in [4.78, 5) is 36.3. The summed E-state index contributed by atoms with van der Waals surface area (Å²) in [5.74, 6) is 0.517. The number of anilines is 2. The van der Waals surface area contributed by atoms with Gasteiger partial charge in [0.25, 0.3) is 0 Å². The van der Waals surface area contributed by atoms with E-state index in [0.717, 1.165) is 32.5 Å². The molecule has 1 aliphatic heterocycles. The van der Waals surface area contributed by atoms with Crippen LogP contribution < -0.4 is 10.2 Å². The summed E-state index contributed by atoms with van der Waals surface area (Å²) < 4.78 is 10.5. The number of ether oxygens (including phenoxy) is 1. The fourth-order valence-electron chi connectivity index (χ4n) is 4.45. The van der Waals surface area contributed by atoms with Gasteiger partial charge in [-0.3, -0.25) is 19.8 Å². The Morgan fingerprint density at radius 3 is 2.68 bits per heavy atom. The van der Waals surface area contributed by atoms with Crippen molar-refractivity contribution in [3.8, 4) is 0 Å². The standard InChI is InChI=1S/C26H32N6O5/c1-2-36-23(33)12-15-31(18-22-9-6-16-37-22)26-24(32(34)35)25(27-19-28-26)29-21-10-13-30(14-11-21)17-20-7-4-3-5-8-20/h3-9,16,19,21H,2,10-15,17-18H2,1H3,(H,27,28,29). The number of benzene rings is 1. The second kappa shape index (κ2) is 12.8. The molecule has 0 spiro atoms. The molecule has 0 saturated carbocycles. The number of nitrogens with one attached hydrogen (secondary N) is 1. The van der Waals surface area contributed by atoms with Crippen molar-refractivity contribution in [2.45, 2.75) is 45.3 Å². The van der Waals surface area contributed by atoms with Crippen LogP contribution in [0.15, 0.2) is 59.5 Å². The van der Waals surface area contributed by atoms with E-state index in [-0.39, 0.29) is 55.5 Å². The number of aromatic nitrogens is 2. The highest BCUT2D eigenvalue weighted by Crippen LogP contribution is 2.34. The van der Waals surface area contributed by atoms with Gasteiger partial charge in [-0.05, 0) is 37.5 Å². The fraction of sp³-hybridized carbons (Fsp3) is 0.423. The number of furan rings is 1. The lowest BCUT2D eigenvalue weighted by atomic mass is 10.0. The predicted octanol–water partition coefficient (Wildman–Crippen LogP) is 4.01. The topological polar surface area (TPSA) is 127 Å². The molecule has 37 heavy (non-hydrogen) atoms. The first-order valence-corrected chi connectivity index (χ1v) is 12.5. The molecule has 1 fully saturated rings. The molecule has 1 aliphatic rings. The molecule has 0 aliphatic carbocycles. The Balaban J connectivity index is 1.48. The fourth-order valence-corrected chi connectivity index (χ4v) is 4.45. The van der Waals surface area contributed by atoms with Crippen LogP contribution in [0.2, 0.25) is 0 Å². The average Bonchev–Trinajstić information content (AvgIpc) is 3.41. The van der Waals surface area contributed by atoms with Crippen molar-refractivity contribution >= 4 is 23.3 Å². The highest BCUT2D eigenvalue weighted by Gasteiger charge is 2.30. The molecule has 3 aromatic rings. The van der Waals surface area contributed by atoms with Crippen LogP contribution in [-0.2, 0) is 22.6 Å². The number of likely N-dealkylation sites (tertiary alicyclic amines) is 1. The minimum atomic E-state index is -0.471. The average molecular weight is 509 g/mol. The normalized spacial score (nSPS) is 14.3. The maximum absolute atomic E-state index is 12.2. The van der Waals surface area contributed by atoms with Crippen molar-refractivity contribution < 1.29 is 18.9 Å². The Hall–Kier alpha value is -3.99. The summed E-state index contributed by atoms with van der Waals surface area (Å²) >= 11 is 0. The number of carbonyl (C=O) groups excluding carboxylic acids is 1. The lowest BCUT2D eigenvalue weighted by Crippen LogP contribution is -2.39. The number of hydrogen-bond donors (Lipinski definition) is 1. The van der Waals surface area contributed by atoms with Gasteiger partial charge in [-0.1, -0.05) is 30.3 Å². The smallest absolute Gasteiger partial charge is 0.353 e. The molecule has 11 nitrogen and oxygen atoms in total. The van der Waals surface area contributed by atoms with E-state index < -0.39 is 4.92 Å². The van der Waals surface area contributed by atoms with Gasteiger partial charge in [-0.25, -0.2) is 9.97 Å². The third-order valence-corrected chi connectivity index (χ3v) is 6.28. The van der Waals surface area contributed by atoms with Crippen molar-refractivity contribution in [2.24, 2.45) is 0 Å². The molecular weight excluding hydrogens is 476 g/mol. The number of carbonyl (C=O) groups is 1. The van der Waals surface area contributed by atoms with E-state index in [2.05, 4.69) is 32.3 Å². The van der Waals surface area contributed by atoms with Crippen LogP contribution in [0.5, 0.6) is 0 Å². The lowest BCUT2D eigenvalue weighted by Gasteiger charge is -2.32. The maximum Gasteiger partial charge on any atom is 0.353 e. The van der Waals surface area contributed by atoms with E-state index in [4.69, 9.17) is 9.15 Å². The van der Waals surface area contributed by atoms with Crippen LogP contribution in [0.25, 0.3) is 0 Å². The Morgan fingerprint density at radius 1 is 1.22 bits per heavy atom. The molecule has 4 rings (SSSR count). The first kappa shape index (κ1) is 26.1. The second-order valence-corrected chi connectivity index (χ2v) is 8.89. The molecule has 0 atom stereocenters. The number of nitrogens with zero attached hydrogens (tertiary/aromatic N) is 5. The first-order chi connectivity index (χ1) is 18.0. The Morgan fingerprint density at radius 2 is 2.00 bits per heavy atom. The summed E-state index contributed by atoms with van der Waals surface area (Å²) in [6.07, 6.45) is 4.57. The molecule has 1 aromatic carbocycles. The minimum absolute atomic E-state index is 0.0477. The highest BCUT2D eigenvalue weighted by molar-refractivity contribution is 5.73. The number of rotatable bonds is 12. The Kier molecular flexibility index (Phi) is 9.03. The molecule has 1 saturated heterocycles. The summed E-state index contributed by atoms with van der Waals surface area (Å²) in [5, 5.41) is 15.5. The monoisotopic (exact) mass is 508 g/mol. The van der Waals surface area contributed by atoms with Crippen LogP contribution in [0, 0.1) is 10.1 Å². The third-order valence-electron chi connectivity index (χ3n) is 6.28. The van der Waals surface area contributed by atoms with E-state index in [0.29, 0.717) is 5.76 Å². The zero-order chi connectivity index (χ0) is 26.0. The van der Waals surface area contributed by atoms with Crippen molar-refractivity contribution in [1.29, 1.82) is 0 Å². The zero-order valence-corrected chi connectivity index (χ0v) is 20.9. The Bertz CT molecular complexity index is 1150. The quantitative estimate of drug-likeness (QED) is 0.218. The molecule has 1 N–H and O–H groups in total. The third kappa shape index (κ3) is 7.26. The molecule has 0 unspecified atom stereocenters. The van der Waals surface area contributed by atoms with Crippen LogP contribution in [0.3, 0.4) is 0 Å². The van der Waals surface area contributed by atoms with Gasteiger partial charge in [0, 0.05) is 32.2 Å². The number of nitro groups is 1. The van der Waals surface area contributed by atoms with E-state index in [1.165, 1.54) is 18.2 Å². The van der Waals surface area contributed by atoms with Crippen molar-refractivity contribution in [2.75, 3.05) is 36.5 Å². The van der Waals surface area contributed by atoms with Gasteiger partial charge >= 0.3 is 11.7 Å². The van der Waals surface area contributed by atoms with Crippen molar-refractivity contribution in [1.82, 2.24) is 14.9 Å². The molecule has 3 heterocycles. The summed E-state index contributed by atoms with van der Waals surface area (Å²) in [6.45, 7) is 5.02. The lowest BCUT2D eigenvalue weighted by molar-refractivity contribution is -0.383. The predicted molar refractivity (Wildman–Crippen MR) is 138 cm³/mol. The van der Waals surface area contributed by atoms with E-state index in [1.54, 1.807) is 24.0 Å². The van der Waals surface area contributed by atoms with Crippen LogP contribution >= 0.6 is 0 Å². The molecule has 11 heteroatoms. The summed E-state index contributed by atoms with van der Waals surface area (Å²) in [7, 11) is 0. The van der Waals surface area contributed by atoms with Crippen molar-refractivity contribution in [3.63, 3.8) is 0 Å². The van der Waals surface area contributed by atoms with Gasteiger partial charge in [0.2, 0.25) is 11.6 Å². The number of piperidine rings is 1. The van der Waals surface area contributed by atoms with Crippen LogP contribution in [-0.4, -0.2) is 58.0 Å². The number of hydrogen-bond acceptors (Lipinski definition) is 10. The minimum Gasteiger partial charge on any atom is -0.467 e. The molecule has 2 aromatic heterocycles. The summed E-state index contributed by atoms with van der Waals surface area (Å²) in [5.41, 5.74) is 1.05. The second-order valence-electron chi connectivity index (χ2n) is 8.89. The SMILES string of the molecule is CCOC(=O)CCN(Cc1ccco1)c1ncnc(NC2CCN(Cc3ccccc3)CC2)c1[N+](=O)[O-]. The highest BCUT2D eigenvalue weighted by atomic mass is 16.6. The molecule has 0 radical (unpaired) electrons. The van der Waals surface area contributed by atoms with Crippen molar-refractivity contribution in [3.05, 3.63) is 76.5 Å².